The van der Waals surface area contributed by atoms with Gasteiger partial charge in [-0.1, -0.05) is 79.7 Å². The van der Waals surface area contributed by atoms with Crippen LogP contribution in [0.25, 0.3) is 5.57 Å². The number of carbonyl (C=O) groups excluding carboxylic acids is 1. The van der Waals surface area contributed by atoms with Gasteiger partial charge in [-0.2, -0.15) is 0 Å². The summed E-state index contributed by atoms with van der Waals surface area (Å²) in [5, 5.41) is 0. The van der Waals surface area contributed by atoms with Gasteiger partial charge in [0.25, 0.3) is 0 Å². The van der Waals surface area contributed by atoms with Gasteiger partial charge >= 0.3 is 0 Å². The normalized spacial score (nSPS) is 9.91. The summed E-state index contributed by atoms with van der Waals surface area (Å²) in [6.07, 6.45) is 3.09. The van der Waals surface area contributed by atoms with Crippen LogP contribution in [-0.2, 0) is 0 Å². The molecule has 0 aliphatic carbocycles. The molecule has 2 aromatic rings. The van der Waals surface area contributed by atoms with Crippen molar-refractivity contribution in [2.45, 2.75) is 26.2 Å². The van der Waals surface area contributed by atoms with Crippen molar-refractivity contribution in [2.75, 3.05) is 0 Å². The number of ketones is 1. The first-order valence-corrected chi connectivity index (χ1v) is 8.32. The number of carbonyl (C=O) groups is 1. The van der Waals surface area contributed by atoms with Crippen LogP contribution in [0.2, 0.25) is 0 Å². The molecule has 0 unspecified atom stereocenters. The third kappa shape index (κ3) is 4.56. The van der Waals surface area contributed by atoms with E-state index >= 15 is 0 Å². The fourth-order valence-electron chi connectivity index (χ4n) is 2.13. The summed E-state index contributed by atoms with van der Waals surface area (Å²) in [7, 11) is 0. The quantitative estimate of drug-likeness (QED) is 0.352. The summed E-state index contributed by atoms with van der Waals surface area (Å²) in [6, 6.07) is 19.1. The zero-order chi connectivity index (χ0) is 15.8. The standard InChI is InChI=1S/C20H19BrO/c1-2-3-14-18(21)15-19(16-10-6-4-7-11-16)20(22)17-12-8-5-9-13-17/h4-13H,2-3,14H2,1H3. The third-order valence-corrected chi connectivity index (χ3v) is 3.93. The number of unbranched alkanes of at least 4 members (excludes halogenated alkanes) is 1. The fraction of sp³-hybridized carbons (Fsp3) is 0.200. The summed E-state index contributed by atoms with van der Waals surface area (Å²) in [5.41, 5.74) is 5.45. The molecule has 0 saturated carbocycles. The molecule has 22 heavy (non-hydrogen) atoms. The molecule has 0 fully saturated rings. The van der Waals surface area contributed by atoms with E-state index in [0.717, 1.165) is 29.3 Å². The van der Waals surface area contributed by atoms with Crippen molar-refractivity contribution in [3.8, 4) is 0 Å². The Kier molecular flexibility index (Phi) is 6.39. The molecule has 0 aromatic heterocycles. The molecule has 0 amide bonds. The zero-order valence-electron chi connectivity index (χ0n) is 12.7. The Morgan fingerprint density at radius 2 is 1.50 bits per heavy atom. The summed E-state index contributed by atoms with van der Waals surface area (Å²) in [6.45, 7) is 2.15. The minimum atomic E-state index is 0.000230. The highest BCUT2D eigenvalue weighted by molar-refractivity contribution is 9.11. The lowest BCUT2D eigenvalue weighted by molar-refractivity contribution is 0.105. The maximum atomic E-state index is 12.8. The first-order valence-electron chi connectivity index (χ1n) is 7.53. The van der Waals surface area contributed by atoms with Crippen LogP contribution in [0.15, 0.2) is 70.9 Å². The average molecular weight is 355 g/mol. The van der Waals surface area contributed by atoms with Crippen molar-refractivity contribution in [1.29, 1.82) is 0 Å². The molecule has 0 aliphatic heterocycles. The maximum absolute atomic E-state index is 12.8. The molecular formula is C20H19BrO. The van der Waals surface area contributed by atoms with Crippen LogP contribution in [0.5, 0.6) is 0 Å². The topological polar surface area (TPSA) is 17.1 Å². The molecule has 2 aromatic carbocycles. The SMILES string of the molecule is CCCCC(Br)=C=C(C(=O)c1ccccc1)c1ccccc1. The van der Waals surface area contributed by atoms with Gasteiger partial charge in [0, 0.05) is 10.0 Å². The molecule has 0 saturated heterocycles. The molecule has 112 valence electrons. The van der Waals surface area contributed by atoms with Crippen LogP contribution >= 0.6 is 15.9 Å². The number of rotatable bonds is 6. The number of halogens is 1. The summed E-state index contributed by atoms with van der Waals surface area (Å²) >= 11 is 3.55. The molecule has 0 N–H and O–H groups in total. The van der Waals surface area contributed by atoms with E-state index in [4.69, 9.17) is 0 Å². The minimum absolute atomic E-state index is 0.000230. The van der Waals surface area contributed by atoms with Crippen LogP contribution in [0.3, 0.4) is 0 Å². The zero-order valence-corrected chi connectivity index (χ0v) is 14.3. The number of Topliss-reactive ketones (excluding diaryl/α,β-unsaturated/α-hetero) is 1. The van der Waals surface area contributed by atoms with E-state index in [1.54, 1.807) is 0 Å². The lowest BCUT2D eigenvalue weighted by Gasteiger charge is -2.05. The van der Waals surface area contributed by atoms with E-state index in [1.807, 2.05) is 60.7 Å². The third-order valence-electron chi connectivity index (χ3n) is 3.34. The summed E-state index contributed by atoms with van der Waals surface area (Å²) in [5.74, 6) is 0.000230. The molecule has 0 spiro atoms. The van der Waals surface area contributed by atoms with Crippen LogP contribution in [0.1, 0.15) is 42.1 Å². The van der Waals surface area contributed by atoms with Gasteiger partial charge in [-0.15, -0.1) is 0 Å². The van der Waals surface area contributed by atoms with E-state index in [-0.39, 0.29) is 5.78 Å². The Balaban J connectivity index is 2.47. The van der Waals surface area contributed by atoms with Gasteiger partial charge < -0.3 is 0 Å². The highest BCUT2D eigenvalue weighted by Crippen LogP contribution is 2.22. The Bertz CT molecular complexity index is 680. The monoisotopic (exact) mass is 354 g/mol. The second kappa shape index (κ2) is 8.53. The summed E-state index contributed by atoms with van der Waals surface area (Å²) < 4.78 is 0.942. The van der Waals surface area contributed by atoms with Gasteiger partial charge in [0.1, 0.15) is 0 Å². The lowest BCUT2D eigenvalue weighted by Crippen LogP contribution is -2.02. The number of hydrogen-bond donors (Lipinski definition) is 0. The second-order valence-electron chi connectivity index (χ2n) is 5.07. The Labute approximate surface area is 140 Å². The Morgan fingerprint density at radius 1 is 0.955 bits per heavy atom. The predicted octanol–water partition coefficient (Wildman–Crippen LogP) is 6.02. The van der Waals surface area contributed by atoms with Gasteiger partial charge in [-0.3, -0.25) is 4.79 Å². The minimum Gasteiger partial charge on any atom is -0.288 e. The van der Waals surface area contributed by atoms with Gasteiger partial charge in [0.05, 0.1) is 5.57 Å². The van der Waals surface area contributed by atoms with Crippen LogP contribution in [0, 0.1) is 0 Å². The van der Waals surface area contributed by atoms with Gasteiger partial charge in [0.15, 0.2) is 0 Å². The molecule has 0 heterocycles. The molecule has 0 aliphatic rings. The average Bonchev–Trinajstić information content (AvgIpc) is 2.59. The van der Waals surface area contributed by atoms with Crippen molar-refractivity contribution in [3.63, 3.8) is 0 Å². The smallest absolute Gasteiger partial charge is 0.201 e. The van der Waals surface area contributed by atoms with E-state index in [1.165, 1.54) is 0 Å². The number of hydrogen-bond acceptors (Lipinski definition) is 1. The van der Waals surface area contributed by atoms with Crippen molar-refractivity contribution in [1.82, 2.24) is 0 Å². The van der Waals surface area contributed by atoms with Gasteiger partial charge in [0.2, 0.25) is 5.78 Å². The number of allylic oxidation sites excluding steroid dienone is 1. The first-order chi connectivity index (χ1) is 10.7. The van der Waals surface area contributed by atoms with E-state index in [0.29, 0.717) is 11.1 Å². The van der Waals surface area contributed by atoms with Crippen molar-refractivity contribution in [2.24, 2.45) is 0 Å². The maximum Gasteiger partial charge on any atom is 0.201 e. The Hall–Kier alpha value is -1.89. The van der Waals surface area contributed by atoms with Crippen molar-refractivity contribution >= 4 is 27.3 Å². The summed E-state index contributed by atoms with van der Waals surface area (Å²) in [4.78, 5) is 12.8. The molecule has 0 atom stereocenters. The lowest BCUT2D eigenvalue weighted by atomic mass is 9.97. The molecule has 0 radical (unpaired) electrons. The predicted molar refractivity (Wildman–Crippen MR) is 96.1 cm³/mol. The van der Waals surface area contributed by atoms with Crippen LogP contribution in [0.4, 0.5) is 0 Å². The van der Waals surface area contributed by atoms with Crippen LogP contribution < -0.4 is 0 Å². The Morgan fingerprint density at radius 3 is 2.05 bits per heavy atom. The molecule has 0 bridgehead atoms. The largest absolute Gasteiger partial charge is 0.288 e. The highest BCUT2D eigenvalue weighted by Gasteiger charge is 2.13. The second-order valence-corrected chi connectivity index (χ2v) is 6.03. The highest BCUT2D eigenvalue weighted by atomic mass is 79.9. The first kappa shape index (κ1) is 16.5. The van der Waals surface area contributed by atoms with Gasteiger partial charge in [-0.05, 0) is 34.3 Å². The van der Waals surface area contributed by atoms with Crippen LogP contribution in [-0.4, -0.2) is 5.78 Å². The van der Waals surface area contributed by atoms with E-state index in [2.05, 4.69) is 28.6 Å². The fourth-order valence-corrected chi connectivity index (χ4v) is 2.61. The van der Waals surface area contributed by atoms with E-state index < -0.39 is 0 Å². The van der Waals surface area contributed by atoms with Crippen molar-refractivity contribution < 1.29 is 4.79 Å². The van der Waals surface area contributed by atoms with Gasteiger partial charge in [-0.25, -0.2) is 0 Å². The van der Waals surface area contributed by atoms with Crippen molar-refractivity contribution in [3.05, 3.63) is 82.0 Å². The molecule has 2 heteroatoms. The molecular weight excluding hydrogens is 336 g/mol. The number of benzene rings is 2. The molecule has 2 rings (SSSR count). The molecule has 1 nitrogen and oxygen atoms in total. The van der Waals surface area contributed by atoms with E-state index in [9.17, 15) is 4.79 Å².